The van der Waals surface area contributed by atoms with Crippen LogP contribution in [0, 0.1) is 0 Å². The summed E-state index contributed by atoms with van der Waals surface area (Å²) in [6, 6.07) is -0.0925. The van der Waals surface area contributed by atoms with Gasteiger partial charge in [-0.2, -0.15) is 0 Å². The Labute approximate surface area is 122 Å². The third-order valence-electron chi connectivity index (χ3n) is 3.82. The summed E-state index contributed by atoms with van der Waals surface area (Å²) < 4.78 is 11.3. The Morgan fingerprint density at radius 2 is 2.10 bits per heavy atom. The molecule has 0 aromatic heterocycles. The number of hydrogen-bond acceptors (Lipinski definition) is 5. The van der Waals surface area contributed by atoms with Crippen molar-refractivity contribution in [1.82, 2.24) is 9.80 Å². The van der Waals surface area contributed by atoms with Crippen LogP contribution in [-0.2, 0) is 14.3 Å². The molecule has 0 N–H and O–H groups in total. The van der Waals surface area contributed by atoms with Crippen molar-refractivity contribution in [3.05, 3.63) is 0 Å². The molecule has 0 aliphatic carbocycles. The minimum absolute atomic E-state index is 0.0841. The molecular weight excluding hydrogens is 256 g/mol. The van der Waals surface area contributed by atoms with Gasteiger partial charge >= 0.3 is 5.97 Å². The van der Waals surface area contributed by atoms with Crippen LogP contribution in [0.1, 0.15) is 33.6 Å². The minimum Gasteiger partial charge on any atom is -0.459 e. The summed E-state index contributed by atoms with van der Waals surface area (Å²) >= 11 is 0. The average Bonchev–Trinajstić information content (AvgIpc) is 2.75. The molecule has 20 heavy (non-hydrogen) atoms. The van der Waals surface area contributed by atoms with E-state index in [1.807, 2.05) is 20.8 Å². The molecule has 116 valence electrons. The van der Waals surface area contributed by atoms with E-state index >= 15 is 0 Å². The van der Waals surface area contributed by atoms with E-state index in [9.17, 15) is 4.79 Å². The fraction of sp³-hybridized carbons (Fsp3) is 0.933. The smallest absolute Gasteiger partial charge is 0.323 e. The number of carbonyl (C=O) groups is 1. The maximum Gasteiger partial charge on any atom is 0.323 e. The SMILES string of the molecule is CN1CCOC(CN2CCC[C@@H]2C(=O)OC(C)(C)C)C1. The molecule has 2 heterocycles. The number of hydrogen-bond donors (Lipinski definition) is 0. The minimum atomic E-state index is -0.410. The molecule has 5 nitrogen and oxygen atoms in total. The number of likely N-dealkylation sites (N-methyl/N-ethyl adjacent to an activating group) is 1. The van der Waals surface area contributed by atoms with Crippen LogP contribution in [0.2, 0.25) is 0 Å². The molecule has 0 amide bonds. The first kappa shape index (κ1) is 15.7. The first-order chi connectivity index (χ1) is 9.35. The monoisotopic (exact) mass is 284 g/mol. The van der Waals surface area contributed by atoms with Crippen LogP contribution in [0.3, 0.4) is 0 Å². The molecule has 1 unspecified atom stereocenters. The van der Waals surface area contributed by atoms with Gasteiger partial charge in [0.15, 0.2) is 0 Å². The second-order valence-electron chi connectivity index (χ2n) is 6.94. The van der Waals surface area contributed by atoms with Gasteiger partial charge in [-0.1, -0.05) is 0 Å². The number of carbonyl (C=O) groups excluding carboxylic acids is 1. The highest BCUT2D eigenvalue weighted by molar-refractivity contribution is 5.76. The predicted molar refractivity (Wildman–Crippen MR) is 77.7 cm³/mol. The van der Waals surface area contributed by atoms with E-state index in [1.165, 1.54) is 0 Å². The molecule has 2 saturated heterocycles. The molecule has 2 aliphatic rings. The van der Waals surface area contributed by atoms with Crippen molar-refractivity contribution in [3.8, 4) is 0 Å². The summed E-state index contributed by atoms with van der Waals surface area (Å²) in [5.41, 5.74) is -0.410. The fourth-order valence-corrected chi connectivity index (χ4v) is 2.92. The molecule has 0 spiro atoms. The van der Waals surface area contributed by atoms with Gasteiger partial charge in [-0.05, 0) is 47.2 Å². The Kier molecular flexibility index (Phi) is 5.04. The Morgan fingerprint density at radius 3 is 2.75 bits per heavy atom. The highest BCUT2D eigenvalue weighted by atomic mass is 16.6. The molecule has 0 aromatic carbocycles. The van der Waals surface area contributed by atoms with Gasteiger partial charge in [0.1, 0.15) is 11.6 Å². The van der Waals surface area contributed by atoms with Gasteiger partial charge in [0.25, 0.3) is 0 Å². The first-order valence-corrected chi connectivity index (χ1v) is 7.62. The third kappa shape index (κ3) is 4.43. The van der Waals surface area contributed by atoms with Crippen LogP contribution in [0.15, 0.2) is 0 Å². The summed E-state index contributed by atoms with van der Waals surface area (Å²) in [5, 5.41) is 0. The number of nitrogens with zero attached hydrogens (tertiary/aromatic N) is 2. The zero-order chi connectivity index (χ0) is 14.8. The molecule has 2 aliphatic heterocycles. The lowest BCUT2D eigenvalue weighted by Crippen LogP contribution is -2.49. The lowest BCUT2D eigenvalue weighted by atomic mass is 10.1. The number of ether oxygens (including phenoxy) is 2. The highest BCUT2D eigenvalue weighted by Crippen LogP contribution is 2.22. The first-order valence-electron chi connectivity index (χ1n) is 7.62. The summed E-state index contributed by atoms with van der Waals surface area (Å²) in [4.78, 5) is 16.8. The van der Waals surface area contributed by atoms with E-state index < -0.39 is 5.60 Å². The van der Waals surface area contributed by atoms with Gasteiger partial charge in [-0.3, -0.25) is 9.69 Å². The van der Waals surface area contributed by atoms with Crippen LogP contribution in [0.25, 0.3) is 0 Å². The number of likely N-dealkylation sites (tertiary alicyclic amines) is 1. The average molecular weight is 284 g/mol. The van der Waals surface area contributed by atoms with Crippen LogP contribution in [-0.4, -0.2) is 73.3 Å². The molecule has 0 bridgehead atoms. The Hall–Kier alpha value is -0.650. The Bertz CT molecular complexity index is 341. The van der Waals surface area contributed by atoms with Crippen LogP contribution in [0.5, 0.6) is 0 Å². The van der Waals surface area contributed by atoms with E-state index in [4.69, 9.17) is 9.47 Å². The van der Waals surface area contributed by atoms with Gasteiger partial charge in [-0.15, -0.1) is 0 Å². The topological polar surface area (TPSA) is 42.0 Å². The summed E-state index contributed by atoms with van der Waals surface area (Å²) in [6.45, 7) is 10.3. The molecule has 2 rings (SSSR count). The van der Waals surface area contributed by atoms with E-state index in [0.717, 1.165) is 45.6 Å². The lowest BCUT2D eigenvalue weighted by Gasteiger charge is -2.34. The predicted octanol–water partition coefficient (Wildman–Crippen LogP) is 1.12. The van der Waals surface area contributed by atoms with E-state index in [1.54, 1.807) is 0 Å². The zero-order valence-corrected chi connectivity index (χ0v) is 13.2. The van der Waals surface area contributed by atoms with E-state index in [0.29, 0.717) is 0 Å². The van der Waals surface area contributed by atoms with Gasteiger partial charge < -0.3 is 14.4 Å². The summed E-state index contributed by atoms with van der Waals surface area (Å²) in [6.07, 6.45) is 2.17. The molecular formula is C15H28N2O3. The van der Waals surface area contributed by atoms with Gasteiger partial charge in [0.2, 0.25) is 0 Å². The maximum absolute atomic E-state index is 12.3. The van der Waals surface area contributed by atoms with E-state index in [2.05, 4.69) is 16.8 Å². The van der Waals surface area contributed by atoms with Crippen molar-refractivity contribution in [3.63, 3.8) is 0 Å². The van der Waals surface area contributed by atoms with Crippen molar-refractivity contribution in [2.24, 2.45) is 0 Å². The fourth-order valence-electron chi connectivity index (χ4n) is 2.92. The molecule has 2 atom stereocenters. The molecule has 5 heteroatoms. The van der Waals surface area contributed by atoms with Crippen molar-refractivity contribution >= 4 is 5.97 Å². The largest absolute Gasteiger partial charge is 0.459 e. The molecule has 0 aromatic rings. The van der Waals surface area contributed by atoms with Crippen molar-refractivity contribution in [2.75, 3.05) is 39.8 Å². The molecule has 0 saturated carbocycles. The highest BCUT2D eigenvalue weighted by Gasteiger charge is 2.35. The standard InChI is InChI=1S/C15H28N2O3/c1-15(2,3)20-14(18)13-6-5-7-17(13)11-12-10-16(4)8-9-19-12/h12-13H,5-11H2,1-4H3/t12?,13-/m1/s1. The van der Waals surface area contributed by atoms with Crippen molar-refractivity contribution in [1.29, 1.82) is 0 Å². The lowest BCUT2D eigenvalue weighted by molar-refractivity contribution is -0.161. The summed E-state index contributed by atoms with van der Waals surface area (Å²) in [7, 11) is 2.12. The van der Waals surface area contributed by atoms with E-state index in [-0.39, 0.29) is 18.1 Å². The number of morpholine rings is 1. The second-order valence-corrected chi connectivity index (χ2v) is 6.94. The third-order valence-corrected chi connectivity index (χ3v) is 3.82. The van der Waals surface area contributed by atoms with Gasteiger partial charge in [0, 0.05) is 19.6 Å². The molecule has 2 fully saturated rings. The van der Waals surface area contributed by atoms with Crippen molar-refractivity contribution < 1.29 is 14.3 Å². The Balaban J connectivity index is 1.88. The van der Waals surface area contributed by atoms with Gasteiger partial charge in [0.05, 0.1) is 12.7 Å². The number of rotatable bonds is 3. The zero-order valence-electron chi connectivity index (χ0n) is 13.2. The normalized spacial score (nSPS) is 29.6. The quantitative estimate of drug-likeness (QED) is 0.727. The van der Waals surface area contributed by atoms with Crippen LogP contribution < -0.4 is 0 Å². The van der Waals surface area contributed by atoms with Crippen molar-refractivity contribution in [2.45, 2.75) is 51.4 Å². The maximum atomic E-state index is 12.3. The second kappa shape index (κ2) is 6.41. The van der Waals surface area contributed by atoms with Crippen LogP contribution in [0.4, 0.5) is 0 Å². The van der Waals surface area contributed by atoms with Gasteiger partial charge in [-0.25, -0.2) is 0 Å². The molecule has 0 radical (unpaired) electrons. The number of esters is 1. The summed E-state index contributed by atoms with van der Waals surface area (Å²) in [5.74, 6) is -0.0841. The Morgan fingerprint density at radius 1 is 1.35 bits per heavy atom. The van der Waals surface area contributed by atoms with Crippen LogP contribution >= 0.6 is 0 Å².